The molecule has 1 atom stereocenters. The van der Waals surface area contributed by atoms with E-state index in [-0.39, 0.29) is 29.1 Å². The predicted octanol–water partition coefficient (Wildman–Crippen LogP) is 2.11. The van der Waals surface area contributed by atoms with E-state index in [0.29, 0.717) is 5.56 Å². The van der Waals surface area contributed by atoms with E-state index in [4.69, 9.17) is 9.47 Å². The molecule has 1 heterocycles. The number of ether oxygens (including phenoxy) is 2. The molecule has 2 N–H and O–H groups in total. The third kappa shape index (κ3) is 5.54. The van der Waals surface area contributed by atoms with Gasteiger partial charge in [-0.15, -0.1) is 0 Å². The summed E-state index contributed by atoms with van der Waals surface area (Å²) in [7, 11) is -2.31. The fourth-order valence-corrected chi connectivity index (χ4v) is 3.91. The van der Waals surface area contributed by atoms with Crippen LogP contribution in [0.4, 0.5) is 10.5 Å². The zero-order chi connectivity index (χ0) is 24.9. The average Bonchev–Trinajstić information content (AvgIpc) is 2.81. The molecule has 2 aromatic carbocycles. The number of nitrogens with one attached hydrogen (secondary N) is 2. The third-order valence-corrected chi connectivity index (χ3v) is 6.28. The number of para-hydroxylation sites is 1. The lowest BCUT2D eigenvalue weighted by Gasteiger charge is -2.29. The highest BCUT2D eigenvalue weighted by Crippen LogP contribution is 2.28. The molecule has 2 amide bonds. The Bertz CT molecular complexity index is 1230. The molecule has 2 aromatic rings. The van der Waals surface area contributed by atoms with Gasteiger partial charge in [0.25, 0.3) is 0 Å². The zero-order valence-electron chi connectivity index (χ0n) is 18.9. The third-order valence-electron chi connectivity index (χ3n) is 5.09. The molecule has 0 fully saturated rings. The van der Waals surface area contributed by atoms with Gasteiger partial charge >= 0.3 is 18.0 Å². The average molecular weight is 488 g/mol. The molecule has 1 unspecified atom stereocenters. The largest absolute Gasteiger partial charge is 0.463 e. The summed E-state index contributed by atoms with van der Waals surface area (Å²) in [6.45, 7) is 1.32. The molecule has 0 radical (unpaired) electrons. The van der Waals surface area contributed by atoms with Crippen molar-refractivity contribution < 1.29 is 32.3 Å². The van der Waals surface area contributed by atoms with Crippen molar-refractivity contribution in [2.45, 2.75) is 13.0 Å². The lowest BCUT2D eigenvalue weighted by atomic mass is 9.95. The Hall–Kier alpha value is -3.86. The zero-order valence-corrected chi connectivity index (χ0v) is 19.7. The quantitative estimate of drug-likeness (QED) is 0.545. The van der Waals surface area contributed by atoms with Gasteiger partial charge in [0.05, 0.1) is 41.4 Å². The molecule has 0 aliphatic carbocycles. The van der Waals surface area contributed by atoms with E-state index < -0.39 is 40.6 Å². The van der Waals surface area contributed by atoms with Crippen molar-refractivity contribution in [2.75, 3.05) is 30.8 Å². The maximum Gasteiger partial charge on any atom is 0.340 e. The van der Waals surface area contributed by atoms with Gasteiger partial charge in [0.15, 0.2) is 0 Å². The van der Waals surface area contributed by atoms with Crippen molar-refractivity contribution in [2.24, 2.45) is 0 Å². The second-order valence-corrected chi connectivity index (χ2v) is 9.39. The Labute approximate surface area is 197 Å². The standard InChI is InChI=1S/C23H25N3O7S/c1-4-32-22(28)19-17(24-23(29)25-20(19)15-10-6-5-7-11-15)14-33-21(27)16-12-8-9-13-18(16)26(2)34(3,30)31/h5-13,20H,4,14H2,1-3H3,(H2,24,25,29). The lowest BCUT2D eigenvalue weighted by molar-refractivity contribution is -0.139. The van der Waals surface area contributed by atoms with Crippen molar-refractivity contribution in [1.82, 2.24) is 10.6 Å². The number of urea groups is 1. The maximum absolute atomic E-state index is 12.9. The predicted molar refractivity (Wildman–Crippen MR) is 124 cm³/mol. The van der Waals surface area contributed by atoms with Gasteiger partial charge in [-0.3, -0.25) is 4.31 Å². The van der Waals surface area contributed by atoms with Gasteiger partial charge in [0.1, 0.15) is 6.61 Å². The lowest BCUT2D eigenvalue weighted by Crippen LogP contribution is -2.47. The minimum atomic E-state index is -3.63. The first kappa shape index (κ1) is 24.8. The number of anilines is 1. The molecule has 34 heavy (non-hydrogen) atoms. The molecule has 0 saturated carbocycles. The number of rotatable bonds is 8. The van der Waals surface area contributed by atoms with Crippen LogP contribution < -0.4 is 14.9 Å². The highest BCUT2D eigenvalue weighted by atomic mass is 32.2. The van der Waals surface area contributed by atoms with E-state index in [1.54, 1.807) is 49.4 Å². The highest BCUT2D eigenvalue weighted by molar-refractivity contribution is 7.92. The van der Waals surface area contributed by atoms with E-state index >= 15 is 0 Å². The molecular weight excluding hydrogens is 462 g/mol. The van der Waals surface area contributed by atoms with Crippen LogP contribution in [0.15, 0.2) is 65.9 Å². The number of esters is 2. The molecule has 10 nitrogen and oxygen atoms in total. The van der Waals surface area contributed by atoms with Crippen LogP contribution in [0, 0.1) is 0 Å². The fraction of sp³-hybridized carbons (Fsp3) is 0.261. The normalized spacial score (nSPS) is 15.7. The molecule has 1 aliphatic rings. The number of carbonyl (C=O) groups is 3. The summed E-state index contributed by atoms with van der Waals surface area (Å²) in [6.07, 6.45) is 1.01. The van der Waals surface area contributed by atoms with E-state index in [1.807, 2.05) is 0 Å². The van der Waals surface area contributed by atoms with E-state index in [0.717, 1.165) is 10.6 Å². The van der Waals surface area contributed by atoms with Gasteiger partial charge in [-0.1, -0.05) is 42.5 Å². The van der Waals surface area contributed by atoms with Gasteiger partial charge < -0.3 is 20.1 Å². The number of amides is 2. The summed E-state index contributed by atoms with van der Waals surface area (Å²) in [5.41, 5.74) is 0.948. The first-order valence-corrected chi connectivity index (χ1v) is 12.2. The molecule has 180 valence electrons. The minimum Gasteiger partial charge on any atom is -0.463 e. The topological polar surface area (TPSA) is 131 Å². The molecule has 0 spiro atoms. The second-order valence-electron chi connectivity index (χ2n) is 7.38. The summed E-state index contributed by atoms with van der Waals surface area (Å²) in [6, 6.07) is 13.5. The summed E-state index contributed by atoms with van der Waals surface area (Å²) in [5.74, 6) is -1.50. The smallest absolute Gasteiger partial charge is 0.340 e. The van der Waals surface area contributed by atoms with Crippen molar-refractivity contribution >= 4 is 33.7 Å². The maximum atomic E-state index is 12.9. The highest BCUT2D eigenvalue weighted by Gasteiger charge is 2.34. The number of nitrogens with zero attached hydrogens (tertiary/aromatic N) is 1. The van der Waals surface area contributed by atoms with Crippen LogP contribution in [-0.4, -0.2) is 52.9 Å². The fourth-order valence-electron chi connectivity index (χ4n) is 3.39. The molecule has 0 saturated heterocycles. The van der Waals surface area contributed by atoms with Crippen LogP contribution in [0.25, 0.3) is 0 Å². The number of hydrogen-bond donors (Lipinski definition) is 2. The first-order valence-electron chi connectivity index (χ1n) is 10.4. The Morgan fingerprint density at radius 3 is 2.29 bits per heavy atom. The molecule has 0 bridgehead atoms. The number of benzene rings is 2. The molecule has 3 rings (SSSR count). The Kier molecular flexibility index (Phi) is 7.57. The Balaban J connectivity index is 1.94. The van der Waals surface area contributed by atoms with Crippen molar-refractivity contribution in [3.05, 3.63) is 77.0 Å². The number of carbonyl (C=O) groups excluding carboxylic acids is 3. The number of hydrogen-bond acceptors (Lipinski definition) is 7. The molecule has 11 heteroatoms. The molecule has 0 aromatic heterocycles. The van der Waals surface area contributed by atoms with Gasteiger partial charge in [-0.2, -0.15) is 0 Å². The SMILES string of the molecule is CCOC(=O)C1=C(COC(=O)c2ccccc2N(C)S(C)(=O)=O)NC(=O)NC1c1ccccc1. The monoisotopic (exact) mass is 487 g/mol. The van der Waals surface area contributed by atoms with Crippen LogP contribution in [0.3, 0.4) is 0 Å². The van der Waals surface area contributed by atoms with Crippen molar-refractivity contribution in [3.8, 4) is 0 Å². The first-order chi connectivity index (χ1) is 16.1. The summed E-state index contributed by atoms with van der Waals surface area (Å²) in [5, 5.41) is 5.21. The van der Waals surface area contributed by atoms with Crippen LogP contribution >= 0.6 is 0 Å². The number of sulfonamides is 1. The second kappa shape index (κ2) is 10.4. The molecular formula is C23H25N3O7S. The Morgan fingerprint density at radius 2 is 1.65 bits per heavy atom. The van der Waals surface area contributed by atoms with Crippen LogP contribution in [0.5, 0.6) is 0 Å². The van der Waals surface area contributed by atoms with Crippen molar-refractivity contribution in [1.29, 1.82) is 0 Å². The van der Waals surface area contributed by atoms with Crippen LogP contribution in [0.1, 0.15) is 28.9 Å². The van der Waals surface area contributed by atoms with Crippen molar-refractivity contribution in [3.63, 3.8) is 0 Å². The summed E-state index contributed by atoms with van der Waals surface area (Å²) in [4.78, 5) is 38.0. The van der Waals surface area contributed by atoms with Gasteiger partial charge in [-0.25, -0.2) is 22.8 Å². The van der Waals surface area contributed by atoms with Gasteiger partial charge in [-0.05, 0) is 24.6 Å². The van der Waals surface area contributed by atoms with E-state index in [2.05, 4.69) is 10.6 Å². The van der Waals surface area contributed by atoms with Crippen LogP contribution in [-0.2, 0) is 24.3 Å². The van der Waals surface area contributed by atoms with E-state index in [1.165, 1.54) is 19.2 Å². The molecule has 1 aliphatic heterocycles. The summed E-state index contributed by atoms with van der Waals surface area (Å²) < 4.78 is 35.4. The van der Waals surface area contributed by atoms with Crippen LogP contribution in [0.2, 0.25) is 0 Å². The van der Waals surface area contributed by atoms with E-state index in [9.17, 15) is 22.8 Å². The van der Waals surface area contributed by atoms with Gasteiger partial charge in [0, 0.05) is 7.05 Å². The van der Waals surface area contributed by atoms with Gasteiger partial charge in [0.2, 0.25) is 10.0 Å². The Morgan fingerprint density at radius 1 is 1.00 bits per heavy atom. The minimum absolute atomic E-state index is 0.00794. The summed E-state index contributed by atoms with van der Waals surface area (Å²) >= 11 is 0.